The minimum Gasteiger partial charge on any atom is -0.493 e. The molecule has 4 heterocycles. The van der Waals surface area contributed by atoms with Gasteiger partial charge in [-0.2, -0.15) is 6.42 Å². The molecular formula is C44H39N2O5Y-. The quantitative estimate of drug-likeness (QED) is 0.157. The van der Waals surface area contributed by atoms with Gasteiger partial charge in [0.1, 0.15) is 19.0 Å². The Labute approximate surface area is 329 Å². The van der Waals surface area contributed by atoms with Crippen molar-refractivity contribution in [3.63, 3.8) is 0 Å². The average Bonchev–Trinajstić information content (AvgIpc) is 3.65. The van der Waals surface area contributed by atoms with E-state index in [2.05, 4.69) is 42.8 Å². The topological polar surface area (TPSA) is 68.3 Å². The molecule has 0 aromatic heterocycles. The number of ether oxygens (including phenoxy) is 3. The molecule has 0 N–H and O–H groups in total. The van der Waals surface area contributed by atoms with E-state index in [1.807, 2.05) is 77.4 Å². The molecule has 1 radical (unpaired) electrons. The summed E-state index contributed by atoms with van der Waals surface area (Å²) in [6.45, 7) is 2.74. The van der Waals surface area contributed by atoms with Gasteiger partial charge in [-0.25, -0.2) is 0 Å². The van der Waals surface area contributed by atoms with Gasteiger partial charge < -0.3 is 30.4 Å². The first-order valence-corrected chi connectivity index (χ1v) is 17.8. The third kappa shape index (κ3) is 6.12. The summed E-state index contributed by atoms with van der Waals surface area (Å²) in [5.41, 5.74) is 10.9. The van der Waals surface area contributed by atoms with E-state index in [4.69, 9.17) is 14.2 Å². The number of amides is 2. The summed E-state index contributed by atoms with van der Waals surface area (Å²) in [4.78, 5) is 31.5. The predicted molar refractivity (Wildman–Crippen MR) is 197 cm³/mol. The maximum atomic E-state index is 13.8. The van der Waals surface area contributed by atoms with E-state index >= 15 is 0 Å². The standard InChI is InChI=1S/C44H39N2O5.Y/c1-27-18-36-30(14-16-34-20-32-10-3-5-12-38(32)45(34)43(36)47)22-40(27)50-25-28-8-7-9-29(19-28)26-51-42-23-31-15-17-35-21-33-11-4-6-13-39(33)46(35)44(48)37(31)24-41(42)49-2;/h3-13,17-19,22-24,34-35H,14-16,20-21,25-26H2,1-2H3;/q-1;/t34-,35-;/m1./s1. The van der Waals surface area contributed by atoms with Gasteiger partial charge in [0.2, 0.25) is 0 Å². The summed E-state index contributed by atoms with van der Waals surface area (Å²) in [7, 11) is 1.61. The predicted octanol–water partition coefficient (Wildman–Crippen LogP) is 8.01. The maximum Gasteiger partial charge on any atom is 0.258 e. The molecule has 52 heavy (non-hydrogen) atoms. The number of nitrogens with zero attached hydrogens (tertiary/aromatic N) is 2. The summed E-state index contributed by atoms with van der Waals surface area (Å²) in [6.07, 6.45) is 6.41. The van der Waals surface area contributed by atoms with Crippen molar-refractivity contribution in [2.24, 2.45) is 0 Å². The summed E-state index contributed by atoms with van der Waals surface area (Å²) in [6, 6.07) is 32.7. The van der Waals surface area contributed by atoms with Crippen molar-refractivity contribution in [2.75, 3.05) is 16.9 Å². The van der Waals surface area contributed by atoms with Crippen molar-refractivity contribution in [1.82, 2.24) is 0 Å². The van der Waals surface area contributed by atoms with Crippen LogP contribution in [0.4, 0.5) is 11.4 Å². The summed E-state index contributed by atoms with van der Waals surface area (Å²) in [5, 5.41) is 0. The van der Waals surface area contributed by atoms with Crippen LogP contribution in [0.15, 0.2) is 97.1 Å². The first kappa shape index (κ1) is 34.6. The molecule has 2 amide bonds. The number of methoxy groups -OCH3 is 1. The van der Waals surface area contributed by atoms with Crippen LogP contribution in [-0.2, 0) is 71.6 Å². The van der Waals surface area contributed by atoms with Crippen molar-refractivity contribution in [3.05, 3.63) is 154 Å². The zero-order chi connectivity index (χ0) is 34.6. The number of carbonyl (C=O) groups is 2. The van der Waals surface area contributed by atoms with Crippen LogP contribution in [0.25, 0.3) is 0 Å². The van der Waals surface area contributed by atoms with Crippen LogP contribution in [0, 0.1) is 13.3 Å². The molecule has 5 aromatic carbocycles. The molecule has 9 rings (SSSR count). The Balaban J connectivity index is 0.00000387. The molecule has 0 fully saturated rings. The van der Waals surface area contributed by atoms with Crippen molar-refractivity contribution < 1.29 is 56.5 Å². The Morgan fingerprint density at radius 3 is 2.06 bits per heavy atom. The fraction of sp³-hybridized carbons (Fsp3) is 0.250. The largest absolute Gasteiger partial charge is 0.493 e. The normalized spacial score (nSPS) is 18.1. The van der Waals surface area contributed by atoms with E-state index in [1.165, 1.54) is 11.1 Å². The zero-order valence-corrected chi connectivity index (χ0v) is 32.3. The van der Waals surface area contributed by atoms with Gasteiger partial charge in [-0.3, -0.25) is 9.59 Å². The summed E-state index contributed by atoms with van der Waals surface area (Å²) >= 11 is 0. The van der Waals surface area contributed by atoms with E-state index in [9.17, 15) is 9.59 Å². The molecule has 0 saturated heterocycles. The van der Waals surface area contributed by atoms with Gasteiger partial charge in [0.15, 0.2) is 11.5 Å². The number of fused-ring (bicyclic) bond motifs is 8. The van der Waals surface area contributed by atoms with E-state index < -0.39 is 0 Å². The fourth-order valence-electron chi connectivity index (χ4n) is 8.34. The van der Waals surface area contributed by atoms with Crippen LogP contribution in [0.2, 0.25) is 0 Å². The Hall–Kier alpha value is -4.46. The molecule has 0 bridgehead atoms. The Morgan fingerprint density at radius 2 is 1.31 bits per heavy atom. The van der Waals surface area contributed by atoms with Crippen LogP contribution in [0.5, 0.6) is 17.2 Å². The molecule has 8 heteroatoms. The SMILES string of the molecule is COc1cc2c(cc1OCc1cccc(COc3cc4c(cc3C)C(=O)N3c5ccccc5C[C@H]3CC4)c1)C[CH-][C@@H]1Cc3ccccc3N1C2=O.[Y]. The summed E-state index contributed by atoms with van der Waals surface area (Å²) in [5.74, 6) is 2.03. The molecule has 0 unspecified atom stereocenters. The third-order valence-corrected chi connectivity index (χ3v) is 10.9. The van der Waals surface area contributed by atoms with Crippen LogP contribution in [0.1, 0.15) is 66.1 Å². The molecular weight excluding hydrogens is 725 g/mol. The van der Waals surface area contributed by atoms with Gasteiger partial charge in [-0.1, -0.05) is 66.2 Å². The van der Waals surface area contributed by atoms with Crippen molar-refractivity contribution in [3.8, 4) is 17.2 Å². The molecule has 5 aromatic rings. The number of benzene rings is 5. The minimum atomic E-state index is -0.00585. The molecule has 4 aliphatic rings. The van der Waals surface area contributed by atoms with Crippen molar-refractivity contribution >= 4 is 23.2 Å². The van der Waals surface area contributed by atoms with Crippen LogP contribution in [0.3, 0.4) is 0 Å². The number of anilines is 2. The van der Waals surface area contributed by atoms with Crippen LogP contribution >= 0.6 is 0 Å². The van der Waals surface area contributed by atoms with Crippen molar-refractivity contribution in [1.29, 1.82) is 0 Å². The van der Waals surface area contributed by atoms with Gasteiger partial charge in [0.05, 0.1) is 7.11 Å². The van der Waals surface area contributed by atoms with E-state index in [1.54, 1.807) is 7.11 Å². The van der Waals surface area contributed by atoms with E-state index in [0.717, 1.165) is 76.2 Å². The maximum absolute atomic E-state index is 13.8. The van der Waals surface area contributed by atoms with Crippen molar-refractivity contribution in [2.45, 2.75) is 64.3 Å². The second-order valence-electron chi connectivity index (χ2n) is 14.0. The molecule has 4 aliphatic heterocycles. The number of carbonyl (C=O) groups excluding carboxylic acids is 2. The first-order chi connectivity index (χ1) is 24.9. The number of para-hydroxylation sites is 2. The van der Waals surface area contributed by atoms with Gasteiger partial charge in [0, 0.05) is 61.3 Å². The number of hydrogen-bond donors (Lipinski definition) is 0. The molecule has 0 saturated carbocycles. The monoisotopic (exact) mass is 764 g/mol. The number of rotatable bonds is 7. The Kier molecular flexibility index (Phi) is 9.43. The smallest absolute Gasteiger partial charge is 0.258 e. The van der Waals surface area contributed by atoms with E-state index in [0.29, 0.717) is 36.7 Å². The minimum absolute atomic E-state index is 0. The van der Waals surface area contributed by atoms with Gasteiger partial charge in [-0.15, -0.1) is 0 Å². The molecule has 259 valence electrons. The third-order valence-electron chi connectivity index (χ3n) is 10.9. The molecule has 0 aliphatic carbocycles. The Morgan fingerprint density at radius 1 is 0.673 bits per heavy atom. The second kappa shape index (κ2) is 14.2. The number of hydrogen-bond acceptors (Lipinski definition) is 5. The fourth-order valence-corrected chi connectivity index (χ4v) is 8.34. The molecule has 2 atom stereocenters. The zero-order valence-electron chi connectivity index (χ0n) is 29.4. The van der Waals surface area contributed by atoms with Crippen LogP contribution < -0.4 is 24.0 Å². The second-order valence-corrected chi connectivity index (χ2v) is 14.0. The van der Waals surface area contributed by atoms with Gasteiger partial charge in [0.25, 0.3) is 11.8 Å². The summed E-state index contributed by atoms with van der Waals surface area (Å²) < 4.78 is 18.5. The van der Waals surface area contributed by atoms with Crippen LogP contribution in [-0.4, -0.2) is 31.0 Å². The van der Waals surface area contributed by atoms with Gasteiger partial charge >= 0.3 is 0 Å². The first-order valence-electron chi connectivity index (χ1n) is 17.8. The van der Waals surface area contributed by atoms with E-state index in [-0.39, 0.29) is 56.6 Å². The van der Waals surface area contributed by atoms with Gasteiger partial charge in [-0.05, 0) is 108 Å². The number of aryl methyl sites for hydroxylation is 2. The Bertz CT molecular complexity index is 2220. The average molecular weight is 765 g/mol. The molecule has 7 nitrogen and oxygen atoms in total. The molecule has 0 spiro atoms.